The molecule has 2 aliphatic rings. The van der Waals surface area contributed by atoms with Gasteiger partial charge in [0, 0.05) is 32.1 Å². The Labute approximate surface area is 140 Å². The molecule has 0 aromatic heterocycles. The van der Waals surface area contributed by atoms with Crippen LogP contribution in [0.2, 0.25) is 0 Å². The van der Waals surface area contributed by atoms with E-state index in [4.69, 9.17) is 10.7 Å². The summed E-state index contributed by atoms with van der Waals surface area (Å²) in [6.07, 6.45) is 5.22. The molecule has 0 aliphatic carbocycles. The first-order valence-electron chi connectivity index (χ1n) is 9.19. The molecule has 23 heavy (non-hydrogen) atoms. The molecule has 6 nitrogen and oxygen atoms in total. The molecule has 0 radical (unpaired) electrons. The number of carbonyl (C=O) groups is 1. The number of piperidine rings is 1. The number of nitrogens with two attached hydrogens (primary N) is 1. The van der Waals surface area contributed by atoms with Crippen molar-refractivity contribution < 1.29 is 4.79 Å². The molecule has 0 bridgehead atoms. The first-order chi connectivity index (χ1) is 11.1. The first kappa shape index (κ1) is 18.0. The number of carbonyl (C=O) groups excluding carboxylic acids is 1. The fraction of sp³-hybridized carbons (Fsp3) is 0.882. The van der Waals surface area contributed by atoms with Crippen molar-refractivity contribution in [1.82, 2.24) is 15.1 Å². The van der Waals surface area contributed by atoms with Crippen LogP contribution in [0.3, 0.4) is 0 Å². The Kier molecular flexibility index (Phi) is 7.15. The van der Waals surface area contributed by atoms with Gasteiger partial charge in [0.2, 0.25) is 5.91 Å². The van der Waals surface area contributed by atoms with E-state index in [9.17, 15) is 4.79 Å². The smallest absolute Gasteiger partial charge is 0.217 e. The van der Waals surface area contributed by atoms with Crippen LogP contribution in [0.1, 0.15) is 46.0 Å². The molecule has 3 N–H and O–H groups in total. The molecule has 2 fully saturated rings. The van der Waals surface area contributed by atoms with E-state index in [1.54, 1.807) is 0 Å². The summed E-state index contributed by atoms with van der Waals surface area (Å²) >= 11 is 0. The second-order valence-electron chi connectivity index (χ2n) is 6.74. The number of likely N-dealkylation sites (N-methyl/N-ethyl adjacent to an activating group) is 1. The van der Waals surface area contributed by atoms with Gasteiger partial charge in [-0.25, -0.2) is 0 Å². The molecule has 0 aromatic carbocycles. The summed E-state index contributed by atoms with van der Waals surface area (Å²) in [5, 5.41) is 3.42. The van der Waals surface area contributed by atoms with Gasteiger partial charge < -0.3 is 16.0 Å². The molecule has 2 aliphatic heterocycles. The number of guanidine groups is 1. The predicted molar refractivity (Wildman–Crippen MR) is 94.4 cm³/mol. The van der Waals surface area contributed by atoms with Crippen LogP contribution in [0.15, 0.2) is 4.99 Å². The third-order valence-electron chi connectivity index (χ3n) is 5.00. The van der Waals surface area contributed by atoms with Gasteiger partial charge in [0.15, 0.2) is 5.96 Å². The molecule has 0 aromatic rings. The Morgan fingerprint density at radius 2 is 2.04 bits per heavy atom. The molecule has 0 spiro atoms. The first-order valence-corrected chi connectivity index (χ1v) is 9.19. The molecule has 0 saturated carbocycles. The predicted octanol–water partition coefficient (Wildman–Crippen LogP) is 1.02. The summed E-state index contributed by atoms with van der Waals surface area (Å²) in [7, 11) is 0. The van der Waals surface area contributed by atoms with Crippen LogP contribution < -0.4 is 11.1 Å². The largest absolute Gasteiger partial charge is 0.370 e. The quantitative estimate of drug-likeness (QED) is 0.565. The molecule has 2 saturated heterocycles. The van der Waals surface area contributed by atoms with Gasteiger partial charge >= 0.3 is 0 Å². The maximum Gasteiger partial charge on any atom is 0.217 e. The Balaban J connectivity index is 1.96. The number of hydrogen-bond acceptors (Lipinski definition) is 3. The minimum absolute atomic E-state index is 0.191. The second kappa shape index (κ2) is 9.11. The minimum atomic E-state index is -0.191. The van der Waals surface area contributed by atoms with Crippen molar-refractivity contribution >= 4 is 11.9 Å². The standard InChI is InChI=1S/C17H33N5O/c1-3-19-17(20-12-15-8-6-9-21(15)4-2)22-10-5-7-14(13-22)11-16(18)23/h14-15H,3-13H2,1-2H3,(H2,18,23)(H,19,20). The zero-order valence-electron chi connectivity index (χ0n) is 14.8. The van der Waals surface area contributed by atoms with Crippen LogP contribution in [-0.4, -0.2) is 67.0 Å². The summed E-state index contributed by atoms with van der Waals surface area (Å²) in [5.74, 6) is 1.18. The van der Waals surface area contributed by atoms with E-state index < -0.39 is 0 Å². The van der Waals surface area contributed by atoms with Gasteiger partial charge in [-0.15, -0.1) is 0 Å². The molecule has 6 heteroatoms. The van der Waals surface area contributed by atoms with Crippen molar-refractivity contribution in [2.24, 2.45) is 16.6 Å². The van der Waals surface area contributed by atoms with Crippen molar-refractivity contribution in [2.75, 3.05) is 39.3 Å². The summed E-state index contributed by atoms with van der Waals surface area (Å²) in [6.45, 7) is 10.3. The third kappa shape index (κ3) is 5.37. The lowest BCUT2D eigenvalue weighted by Gasteiger charge is -2.35. The maximum atomic E-state index is 11.2. The fourth-order valence-corrected chi connectivity index (χ4v) is 3.84. The molecular weight excluding hydrogens is 290 g/mol. The van der Waals surface area contributed by atoms with E-state index in [2.05, 4.69) is 29.0 Å². The van der Waals surface area contributed by atoms with Crippen molar-refractivity contribution in [3.8, 4) is 0 Å². The normalized spacial score (nSPS) is 26.5. The Hall–Kier alpha value is -1.30. The number of primary amides is 1. The number of rotatable bonds is 6. The van der Waals surface area contributed by atoms with E-state index in [0.29, 0.717) is 18.4 Å². The highest BCUT2D eigenvalue weighted by Crippen LogP contribution is 2.20. The summed E-state index contributed by atoms with van der Waals surface area (Å²) in [4.78, 5) is 20.9. The average molecular weight is 323 g/mol. The van der Waals surface area contributed by atoms with Gasteiger partial charge in [-0.3, -0.25) is 14.7 Å². The molecule has 132 valence electrons. The van der Waals surface area contributed by atoms with Crippen LogP contribution in [0.25, 0.3) is 0 Å². The highest BCUT2D eigenvalue weighted by molar-refractivity contribution is 5.80. The van der Waals surface area contributed by atoms with E-state index in [-0.39, 0.29) is 5.91 Å². The topological polar surface area (TPSA) is 74.0 Å². The number of hydrogen-bond donors (Lipinski definition) is 2. The summed E-state index contributed by atoms with van der Waals surface area (Å²) < 4.78 is 0. The minimum Gasteiger partial charge on any atom is -0.370 e. The summed E-state index contributed by atoms with van der Waals surface area (Å²) in [6, 6.07) is 0.583. The molecule has 1 amide bonds. The number of nitrogens with zero attached hydrogens (tertiary/aromatic N) is 3. The van der Waals surface area contributed by atoms with Gasteiger partial charge in [-0.2, -0.15) is 0 Å². The summed E-state index contributed by atoms with van der Waals surface area (Å²) in [5.41, 5.74) is 5.37. The lowest BCUT2D eigenvalue weighted by molar-refractivity contribution is -0.119. The molecule has 2 heterocycles. The molecule has 2 unspecified atom stereocenters. The van der Waals surface area contributed by atoms with Crippen LogP contribution in [-0.2, 0) is 4.79 Å². The lowest BCUT2D eigenvalue weighted by Crippen LogP contribution is -2.47. The Morgan fingerprint density at radius 1 is 1.26 bits per heavy atom. The van der Waals surface area contributed by atoms with Gasteiger partial charge in [0.1, 0.15) is 0 Å². The van der Waals surface area contributed by atoms with E-state index in [1.807, 2.05) is 0 Å². The van der Waals surface area contributed by atoms with Crippen molar-refractivity contribution in [3.05, 3.63) is 0 Å². The highest BCUT2D eigenvalue weighted by atomic mass is 16.1. The molecule has 2 rings (SSSR count). The van der Waals surface area contributed by atoms with Gasteiger partial charge in [-0.1, -0.05) is 6.92 Å². The maximum absolute atomic E-state index is 11.2. The fourth-order valence-electron chi connectivity index (χ4n) is 3.84. The van der Waals surface area contributed by atoms with Crippen molar-refractivity contribution in [1.29, 1.82) is 0 Å². The monoisotopic (exact) mass is 323 g/mol. The second-order valence-corrected chi connectivity index (χ2v) is 6.74. The van der Waals surface area contributed by atoms with Crippen molar-refractivity contribution in [2.45, 2.75) is 52.0 Å². The van der Waals surface area contributed by atoms with Crippen LogP contribution in [0.5, 0.6) is 0 Å². The third-order valence-corrected chi connectivity index (χ3v) is 5.00. The highest BCUT2D eigenvalue weighted by Gasteiger charge is 2.25. The number of nitrogens with one attached hydrogen (secondary N) is 1. The van der Waals surface area contributed by atoms with Crippen LogP contribution in [0.4, 0.5) is 0 Å². The van der Waals surface area contributed by atoms with E-state index in [1.165, 1.54) is 19.4 Å². The van der Waals surface area contributed by atoms with Crippen molar-refractivity contribution in [3.63, 3.8) is 0 Å². The van der Waals surface area contributed by atoms with Gasteiger partial charge in [0.05, 0.1) is 6.54 Å². The zero-order valence-corrected chi connectivity index (χ0v) is 14.8. The van der Waals surface area contributed by atoms with Gasteiger partial charge in [0.25, 0.3) is 0 Å². The molecule has 2 atom stereocenters. The number of aliphatic imine (C=N–C) groups is 1. The Morgan fingerprint density at radius 3 is 2.74 bits per heavy atom. The van der Waals surface area contributed by atoms with E-state index in [0.717, 1.165) is 51.5 Å². The Bertz CT molecular complexity index is 412. The zero-order chi connectivity index (χ0) is 16.7. The molecular formula is C17H33N5O. The SMILES string of the molecule is CCNC(=NCC1CCCN1CC)N1CCCC(CC(N)=O)C1. The number of likely N-dealkylation sites (tertiary alicyclic amines) is 2. The van der Waals surface area contributed by atoms with E-state index >= 15 is 0 Å². The van der Waals surface area contributed by atoms with Gasteiger partial charge in [-0.05, 0) is 51.6 Å². The lowest BCUT2D eigenvalue weighted by atomic mass is 9.95. The van der Waals surface area contributed by atoms with Crippen LogP contribution >= 0.6 is 0 Å². The van der Waals surface area contributed by atoms with Crippen LogP contribution in [0, 0.1) is 5.92 Å². The average Bonchev–Trinajstić information content (AvgIpc) is 2.98. The number of amides is 1.